The summed E-state index contributed by atoms with van der Waals surface area (Å²) in [5, 5.41) is 16.3. The molecule has 0 fully saturated rings. The minimum Gasteiger partial charge on any atom is -0.235 e. The summed E-state index contributed by atoms with van der Waals surface area (Å²) in [6, 6.07) is 22.1. The maximum absolute atomic E-state index is 14.2. The van der Waals surface area contributed by atoms with Crippen LogP contribution in [0.25, 0.3) is 48.3 Å². The summed E-state index contributed by atoms with van der Waals surface area (Å²) in [4.78, 5) is 3.26. The van der Waals surface area contributed by atoms with Crippen LogP contribution >= 0.6 is 0 Å². The number of nitriles is 1. The number of hydrogen-bond acceptors (Lipinski definition) is 1. The van der Waals surface area contributed by atoms with Crippen LogP contribution in [0.15, 0.2) is 60.7 Å². The summed E-state index contributed by atoms with van der Waals surface area (Å²) < 4.78 is 14.2. The highest BCUT2D eigenvalue weighted by atomic mass is 19.1. The summed E-state index contributed by atoms with van der Waals surface area (Å²) in [7, 11) is 0. The summed E-state index contributed by atoms with van der Waals surface area (Å²) in [6.07, 6.45) is 0. The molecule has 148 valence electrons. The molecule has 5 aromatic carbocycles. The predicted molar refractivity (Wildman–Crippen MR) is 125 cm³/mol. The molecule has 0 saturated heterocycles. The first kappa shape index (κ1) is 19.0. The largest absolute Gasteiger partial charge is 0.235 e. The molecule has 0 aliphatic heterocycles. The van der Waals surface area contributed by atoms with E-state index in [-0.39, 0.29) is 16.7 Å². The number of nitrogens with zero attached hydrogens (tertiary/aromatic N) is 2. The van der Waals surface area contributed by atoms with E-state index in [0.29, 0.717) is 5.56 Å². The molecule has 0 bridgehead atoms. The van der Waals surface area contributed by atoms with E-state index < -0.39 is 5.82 Å². The third kappa shape index (κ3) is 2.90. The highest BCUT2D eigenvalue weighted by Gasteiger charge is 2.18. The molecule has 0 spiro atoms. The van der Waals surface area contributed by atoms with Crippen molar-refractivity contribution in [2.75, 3.05) is 0 Å². The molecule has 0 saturated carbocycles. The van der Waals surface area contributed by atoms with Gasteiger partial charge < -0.3 is 0 Å². The Balaban J connectivity index is 1.80. The molecule has 0 amide bonds. The molecule has 0 aliphatic carbocycles. The van der Waals surface area contributed by atoms with Gasteiger partial charge in [0.1, 0.15) is 11.9 Å². The zero-order valence-corrected chi connectivity index (χ0v) is 17.5. The standard InChI is InChI=1S/C28H19FN2/c1-28(2,3)23-12-18-7-5-16-9-20(10-17-6-8-19(13-23)26(18)25(16)17)21-11-22(15-30)27(29)24(14-21)31-4/h5-14H,1-3H3. The Morgan fingerprint density at radius 1 is 0.806 bits per heavy atom. The van der Waals surface area contributed by atoms with E-state index in [2.05, 4.69) is 74.1 Å². The molecule has 5 rings (SSSR count). The zero-order valence-electron chi connectivity index (χ0n) is 17.5. The summed E-state index contributed by atoms with van der Waals surface area (Å²) in [5.74, 6) is -0.756. The molecule has 0 heterocycles. The van der Waals surface area contributed by atoms with Gasteiger partial charge in [-0.15, -0.1) is 0 Å². The average Bonchev–Trinajstić information content (AvgIpc) is 2.76. The highest BCUT2D eigenvalue weighted by molar-refractivity contribution is 6.24. The fourth-order valence-electron chi connectivity index (χ4n) is 4.38. The molecule has 0 aliphatic rings. The van der Waals surface area contributed by atoms with Crippen LogP contribution in [0.5, 0.6) is 0 Å². The maximum Gasteiger partial charge on any atom is 0.224 e. The van der Waals surface area contributed by atoms with Crippen molar-refractivity contribution in [3.63, 3.8) is 0 Å². The molecule has 0 atom stereocenters. The van der Waals surface area contributed by atoms with E-state index in [4.69, 9.17) is 6.57 Å². The van der Waals surface area contributed by atoms with Gasteiger partial charge in [0.15, 0.2) is 0 Å². The van der Waals surface area contributed by atoms with Crippen LogP contribution < -0.4 is 0 Å². The topological polar surface area (TPSA) is 28.1 Å². The Hall–Kier alpha value is -3.95. The van der Waals surface area contributed by atoms with E-state index in [1.54, 1.807) is 0 Å². The second-order valence-corrected chi connectivity index (χ2v) is 9.06. The maximum atomic E-state index is 14.2. The van der Waals surface area contributed by atoms with Crippen molar-refractivity contribution in [1.82, 2.24) is 0 Å². The van der Waals surface area contributed by atoms with Gasteiger partial charge in [0, 0.05) is 0 Å². The van der Waals surface area contributed by atoms with Gasteiger partial charge in [-0.05, 0) is 78.7 Å². The predicted octanol–water partition coefficient (Wildman–Crippen LogP) is 8.11. The van der Waals surface area contributed by atoms with E-state index >= 15 is 0 Å². The summed E-state index contributed by atoms with van der Waals surface area (Å²) in [5.41, 5.74) is 2.67. The summed E-state index contributed by atoms with van der Waals surface area (Å²) in [6.45, 7) is 13.9. The first-order valence-corrected chi connectivity index (χ1v) is 10.1. The third-order valence-corrected chi connectivity index (χ3v) is 6.03. The van der Waals surface area contributed by atoms with Crippen LogP contribution in [-0.2, 0) is 5.41 Å². The Labute approximate surface area is 180 Å². The summed E-state index contributed by atoms with van der Waals surface area (Å²) >= 11 is 0. The fraction of sp³-hybridized carbons (Fsp3) is 0.143. The molecule has 31 heavy (non-hydrogen) atoms. The third-order valence-electron chi connectivity index (χ3n) is 6.03. The first-order chi connectivity index (χ1) is 14.8. The number of rotatable bonds is 1. The quantitative estimate of drug-likeness (QED) is 0.206. The monoisotopic (exact) mass is 402 g/mol. The fourth-order valence-corrected chi connectivity index (χ4v) is 4.38. The lowest BCUT2D eigenvalue weighted by Crippen LogP contribution is -2.10. The van der Waals surface area contributed by atoms with E-state index in [1.165, 1.54) is 39.2 Å². The van der Waals surface area contributed by atoms with Crippen LogP contribution in [0.4, 0.5) is 10.1 Å². The van der Waals surface area contributed by atoms with Gasteiger partial charge in [-0.25, -0.2) is 9.24 Å². The Kier molecular flexibility index (Phi) is 4.01. The molecule has 5 aromatic rings. The van der Waals surface area contributed by atoms with Crippen molar-refractivity contribution in [2.45, 2.75) is 26.2 Å². The second-order valence-electron chi connectivity index (χ2n) is 9.06. The van der Waals surface area contributed by atoms with Gasteiger partial charge in [0.05, 0.1) is 12.1 Å². The van der Waals surface area contributed by atoms with Crippen molar-refractivity contribution in [3.05, 3.63) is 89.0 Å². The second kappa shape index (κ2) is 6.53. The van der Waals surface area contributed by atoms with Gasteiger partial charge in [-0.1, -0.05) is 57.2 Å². The van der Waals surface area contributed by atoms with Gasteiger partial charge in [0.25, 0.3) is 0 Å². The Morgan fingerprint density at radius 3 is 1.74 bits per heavy atom. The lowest BCUT2D eigenvalue weighted by atomic mass is 9.83. The normalized spacial score (nSPS) is 11.8. The molecule has 2 nitrogen and oxygen atoms in total. The average molecular weight is 402 g/mol. The highest BCUT2D eigenvalue weighted by Crippen LogP contribution is 2.40. The van der Waals surface area contributed by atoms with Gasteiger partial charge in [-0.2, -0.15) is 5.26 Å². The minimum absolute atomic E-state index is 0.0687. The van der Waals surface area contributed by atoms with Gasteiger partial charge >= 0.3 is 0 Å². The molecular formula is C28H19FN2. The number of halogens is 1. The number of hydrogen-bond donors (Lipinski definition) is 0. The first-order valence-electron chi connectivity index (χ1n) is 10.1. The van der Waals surface area contributed by atoms with Crippen LogP contribution in [0.1, 0.15) is 31.9 Å². The van der Waals surface area contributed by atoms with E-state index in [1.807, 2.05) is 6.07 Å². The zero-order chi connectivity index (χ0) is 21.9. The van der Waals surface area contributed by atoms with E-state index in [0.717, 1.165) is 16.3 Å². The van der Waals surface area contributed by atoms with Crippen molar-refractivity contribution in [1.29, 1.82) is 5.26 Å². The van der Waals surface area contributed by atoms with Crippen molar-refractivity contribution in [2.24, 2.45) is 0 Å². The van der Waals surface area contributed by atoms with Crippen molar-refractivity contribution < 1.29 is 4.39 Å². The lowest BCUT2D eigenvalue weighted by Gasteiger charge is -2.21. The lowest BCUT2D eigenvalue weighted by molar-refractivity contribution is 0.591. The van der Waals surface area contributed by atoms with Gasteiger partial charge in [0.2, 0.25) is 5.69 Å². The molecule has 3 heteroatoms. The molecule has 0 unspecified atom stereocenters. The smallest absolute Gasteiger partial charge is 0.224 e. The van der Waals surface area contributed by atoms with Crippen LogP contribution in [-0.4, -0.2) is 0 Å². The minimum atomic E-state index is -0.756. The van der Waals surface area contributed by atoms with E-state index in [9.17, 15) is 9.65 Å². The van der Waals surface area contributed by atoms with Crippen LogP contribution in [0.2, 0.25) is 0 Å². The number of benzene rings is 5. The Bertz CT molecular complexity index is 1490. The van der Waals surface area contributed by atoms with Crippen molar-refractivity contribution in [3.8, 4) is 17.2 Å². The van der Waals surface area contributed by atoms with Crippen molar-refractivity contribution >= 4 is 38.0 Å². The van der Waals surface area contributed by atoms with Crippen LogP contribution in [0, 0.1) is 23.7 Å². The molecule has 0 radical (unpaired) electrons. The SMILES string of the molecule is [C-]#[N+]c1cc(-c2cc3ccc4cc(C(C)(C)C)cc5ccc(c2)c3c45)cc(C#N)c1F. The molecule has 0 N–H and O–H groups in total. The Morgan fingerprint density at radius 2 is 1.29 bits per heavy atom. The molecular weight excluding hydrogens is 383 g/mol. The van der Waals surface area contributed by atoms with Gasteiger partial charge in [-0.3, -0.25) is 0 Å². The molecule has 0 aromatic heterocycles. The van der Waals surface area contributed by atoms with Crippen LogP contribution in [0.3, 0.4) is 0 Å².